The van der Waals surface area contributed by atoms with Crippen LogP contribution in [0.2, 0.25) is 0 Å². The van der Waals surface area contributed by atoms with E-state index in [0.717, 1.165) is 5.69 Å². The standard InChI is InChI=1S/C11H16N2O2/c1-3-13(11(14)8-15-2)10-6-4-9(12)5-7-10/h4-7H,3,8,12H2,1-2H3. The molecule has 0 spiro atoms. The predicted molar refractivity (Wildman–Crippen MR) is 60.8 cm³/mol. The highest BCUT2D eigenvalue weighted by Crippen LogP contribution is 2.16. The number of benzene rings is 1. The van der Waals surface area contributed by atoms with Crippen LogP contribution in [0.15, 0.2) is 24.3 Å². The maximum Gasteiger partial charge on any atom is 0.252 e. The first-order valence-electron chi connectivity index (χ1n) is 4.84. The molecule has 0 heterocycles. The number of hydrogen-bond donors (Lipinski definition) is 1. The molecule has 1 amide bonds. The number of carbonyl (C=O) groups is 1. The number of carbonyl (C=O) groups excluding carboxylic acids is 1. The average molecular weight is 208 g/mol. The van der Waals surface area contributed by atoms with Crippen molar-refractivity contribution in [3.63, 3.8) is 0 Å². The fourth-order valence-electron chi connectivity index (χ4n) is 1.36. The first-order valence-corrected chi connectivity index (χ1v) is 4.84. The van der Waals surface area contributed by atoms with Crippen molar-refractivity contribution in [3.8, 4) is 0 Å². The van der Waals surface area contributed by atoms with E-state index in [1.807, 2.05) is 19.1 Å². The molecular formula is C11H16N2O2. The first kappa shape index (κ1) is 11.5. The monoisotopic (exact) mass is 208 g/mol. The Kier molecular flexibility index (Phi) is 4.12. The zero-order chi connectivity index (χ0) is 11.3. The van der Waals surface area contributed by atoms with E-state index in [1.165, 1.54) is 7.11 Å². The van der Waals surface area contributed by atoms with Crippen molar-refractivity contribution in [2.45, 2.75) is 6.92 Å². The second-order valence-corrected chi connectivity index (χ2v) is 3.16. The molecule has 0 unspecified atom stereocenters. The van der Waals surface area contributed by atoms with Gasteiger partial charge >= 0.3 is 0 Å². The summed E-state index contributed by atoms with van der Waals surface area (Å²) in [5.74, 6) is -0.0511. The summed E-state index contributed by atoms with van der Waals surface area (Å²) in [5.41, 5.74) is 7.11. The largest absolute Gasteiger partial charge is 0.399 e. The van der Waals surface area contributed by atoms with E-state index in [4.69, 9.17) is 10.5 Å². The van der Waals surface area contributed by atoms with Crippen molar-refractivity contribution in [1.82, 2.24) is 0 Å². The van der Waals surface area contributed by atoms with Gasteiger partial charge in [-0.05, 0) is 31.2 Å². The van der Waals surface area contributed by atoms with Crippen molar-refractivity contribution >= 4 is 17.3 Å². The van der Waals surface area contributed by atoms with Crippen LogP contribution in [0.1, 0.15) is 6.92 Å². The van der Waals surface area contributed by atoms with Gasteiger partial charge < -0.3 is 15.4 Å². The molecule has 0 aliphatic carbocycles. The van der Waals surface area contributed by atoms with Gasteiger partial charge in [0.05, 0.1) is 0 Å². The second kappa shape index (κ2) is 5.36. The third-order valence-corrected chi connectivity index (χ3v) is 2.09. The Morgan fingerprint density at radius 1 is 1.40 bits per heavy atom. The van der Waals surface area contributed by atoms with Crippen molar-refractivity contribution in [2.75, 3.05) is 30.9 Å². The molecule has 0 aliphatic rings. The van der Waals surface area contributed by atoms with Gasteiger partial charge in [0.15, 0.2) is 0 Å². The average Bonchev–Trinajstić information content (AvgIpc) is 2.22. The van der Waals surface area contributed by atoms with Gasteiger partial charge in [0.1, 0.15) is 6.61 Å². The first-order chi connectivity index (χ1) is 7.19. The summed E-state index contributed by atoms with van der Waals surface area (Å²) < 4.78 is 4.82. The van der Waals surface area contributed by atoms with Crippen molar-refractivity contribution in [2.24, 2.45) is 0 Å². The Morgan fingerprint density at radius 2 is 2.00 bits per heavy atom. The summed E-state index contributed by atoms with van der Waals surface area (Å²) in [6, 6.07) is 7.20. The SMILES string of the molecule is CCN(C(=O)COC)c1ccc(N)cc1. The number of likely N-dealkylation sites (N-methyl/N-ethyl adjacent to an activating group) is 1. The Labute approximate surface area is 89.6 Å². The molecule has 0 fully saturated rings. The number of hydrogen-bond acceptors (Lipinski definition) is 3. The lowest BCUT2D eigenvalue weighted by molar-refractivity contribution is -0.122. The van der Waals surface area contributed by atoms with Crippen LogP contribution < -0.4 is 10.6 Å². The van der Waals surface area contributed by atoms with Crippen LogP contribution in [0.3, 0.4) is 0 Å². The van der Waals surface area contributed by atoms with Gasteiger partial charge in [-0.25, -0.2) is 0 Å². The fraction of sp³-hybridized carbons (Fsp3) is 0.364. The molecule has 0 radical (unpaired) electrons. The number of ether oxygens (including phenoxy) is 1. The summed E-state index contributed by atoms with van der Waals surface area (Å²) in [5, 5.41) is 0. The third kappa shape index (κ3) is 2.95. The summed E-state index contributed by atoms with van der Waals surface area (Å²) in [7, 11) is 1.51. The second-order valence-electron chi connectivity index (χ2n) is 3.16. The molecular weight excluding hydrogens is 192 g/mol. The normalized spacial score (nSPS) is 10.0. The van der Waals surface area contributed by atoms with Crippen molar-refractivity contribution < 1.29 is 9.53 Å². The van der Waals surface area contributed by atoms with Crippen LogP contribution >= 0.6 is 0 Å². The Hall–Kier alpha value is -1.55. The summed E-state index contributed by atoms with van der Waals surface area (Å²) in [6.45, 7) is 2.63. The summed E-state index contributed by atoms with van der Waals surface area (Å²) >= 11 is 0. The van der Waals surface area contributed by atoms with Crippen LogP contribution in [0.4, 0.5) is 11.4 Å². The van der Waals surface area contributed by atoms with E-state index >= 15 is 0 Å². The molecule has 0 saturated heterocycles. The molecule has 0 bridgehead atoms. The molecule has 1 aromatic rings. The number of rotatable bonds is 4. The maximum atomic E-state index is 11.6. The number of amides is 1. The molecule has 1 rings (SSSR count). The molecule has 0 atom stereocenters. The molecule has 0 aromatic heterocycles. The highest BCUT2D eigenvalue weighted by Gasteiger charge is 2.12. The van der Waals surface area contributed by atoms with Gasteiger partial charge in [-0.15, -0.1) is 0 Å². The van der Waals surface area contributed by atoms with Gasteiger partial charge in [0.2, 0.25) is 0 Å². The zero-order valence-electron chi connectivity index (χ0n) is 9.06. The van der Waals surface area contributed by atoms with E-state index in [-0.39, 0.29) is 12.5 Å². The molecule has 4 nitrogen and oxygen atoms in total. The Balaban J connectivity index is 2.82. The lowest BCUT2D eigenvalue weighted by atomic mass is 10.2. The van der Waals surface area contributed by atoms with Crippen LogP contribution in [0.5, 0.6) is 0 Å². The minimum atomic E-state index is -0.0511. The number of nitrogens with two attached hydrogens (primary N) is 1. The van der Waals surface area contributed by atoms with Crippen molar-refractivity contribution in [3.05, 3.63) is 24.3 Å². The molecule has 2 N–H and O–H groups in total. The minimum absolute atomic E-state index is 0.0511. The lowest BCUT2D eigenvalue weighted by Gasteiger charge is -2.20. The van der Waals surface area contributed by atoms with Crippen LogP contribution in [0.25, 0.3) is 0 Å². The van der Waals surface area contributed by atoms with E-state index in [2.05, 4.69) is 0 Å². The van der Waals surface area contributed by atoms with E-state index < -0.39 is 0 Å². The smallest absolute Gasteiger partial charge is 0.252 e. The van der Waals surface area contributed by atoms with E-state index in [1.54, 1.807) is 17.0 Å². The predicted octanol–water partition coefficient (Wildman–Crippen LogP) is 1.27. The fourth-order valence-corrected chi connectivity index (χ4v) is 1.36. The van der Waals surface area contributed by atoms with E-state index in [0.29, 0.717) is 12.2 Å². The highest BCUT2D eigenvalue weighted by atomic mass is 16.5. The molecule has 1 aromatic carbocycles. The van der Waals surface area contributed by atoms with Gasteiger partial charge in [-0.3, -0.25) is 4.79 Å². The molecule has 0 saturated carbocycles. The summed E-state index contributed by atoms with van der Waals surface area (Å²) in [6.07, 6.45) is 0. The van der Waals surface area contributed by atoms with Gasteiger partial charge in [0, 0.05) is 25.0 Å². The number of nitrogen functional groups attached to an aromatic ring is 1. The Bertz CT molecular complexity index is 322. The van der Waals surface area contributed by atoms with Crippen LogP contribution in [-0.2, 0) is 9.53 Å². The van der Waals surface area contributed by atoms with Gasteiger partial charge in [-0.2, -0.15) is 0 Å². The highest BCUT2D eigenvalue weighted by molar-refractivity contribution is 5.94. The number of methoxy groups -OCH3 is 1. The van der Waals surface area contributed by atoms with Crippen molar-refractivity contribution in [1.29, 1.82) is 0 Å². The molecule has 15 heavy (non-hydrogen) atoms. The van der Waals surface area contributed by atoms with Gasteiger partial charge in [0.25, 0.3) is 5.91 Å². The van der Waals surface area contributed by atoms with Crippen LogP contribution in [-0.4, -0.2) is 26.2 Å². The topological polar surface area (TPSA) is 55.6 Å². The maximum absolute atomic E-state index is 11.6. The summed E-state index contributed by atoms with van der Waals surface area (Å²) in [4.78, 5) is 13.3. The molecule has 4 heteroatoms. The number of anilines is 2. The van der Waals surface area contributed by atoms with Crippen LogP contribution in [0, 0.1) is 0 Å². The molecule has 0 aliphatic heterocycles. The molecule has 82 valence electrons. The minimum Gasteiger partial charge on any atom is -0.399 e. The van der Waals surface area contributed by atoms with Gasteiger partial charge in [-0.1, -0.05) is 0 Å². The zero-order valence-corrected chi connectivity index (χ0v) is 9.06. The quantitative estimate of drug-likeness (QED) is 0.758. The lowest BCUT2D eigenvalue weighted by Crippen LogP contribution is -2.33. The third-order valence-electron chi connectivity index (χ3n) is 2.09. The Morgan fingerprint density at radius 3 is 2.47 bits per heavy atom. The van der Waals surface area contributed by atoms with E-state index in [9.17, 15) is 4.79 Å². The number of nitrogens with zero attached hydrogens (tertiary/aromatic N) is 1.